The molecule has 0 fully saturated rings. The molecule has 0 spiro atoms. The van der Waals surface area contributed by atoms with E-state index in [0.717, 1.165) is 23.1 Å². The molecule has 144 valence electrons. The molecule has 0 unspecified atom stereocenters. The molecule has 0 heterocycles. The first kappa shape index (κ1) is 21.8. The van der Waals surface area contributed by atoms with Crippen LogP contribution in [0.4, 0.5) is 0 Å². The van der Waals surface area contributed by atoms with E-state index in [1.807, 2.05) is 32.1 Å². The van der Waals surface area contributed by atoms with E-state index in [4.69, 9.17) is 19.3 Å². The number of rotatable bonds is 11. The highest BCUT2D eigenvalue weighted by atomic mass is 16.5. The van der Waals surface area contributed by atoms with Crippen LogP contribution in [-0.2, 0) is 0 Å². The monoisotopic (exact) mass is 362 g/mol. The van der Waals surface area contributed by atoms with Crippen LogP contribution in [0.2, 0.25) is 0 Å². The third-order valence-electron chi connectivity index (χ3n) is 3.94. The maximum atomic E-state index is 9.79. The SMILES string of the molecule is C=C(C)[C@H](O)CC/C(C)=C/COc1c(OC)cc(/C=C/CO)cc1OC. The van der Waals surface area contributed by atoms with Gasteiger partial charge in [-0.3, -0.25) is 0 Å². The van der Waals surface area contributed by atoms with Crippen LogP contribution < -0.4 is 14.2 Å². The second-order valence-electron chi connectivity index (χ2n) is 6.10. The number of hydrogen-bond acceptors (Lipinski definition) is 5. The zero-order chi connectivity index (χ0) is 19.5. The largest absolute Gasteiger partial charge is 0.493 e. The molecule has 0 aliphatic rings. The van der Waals surface area contributed by atoms with Crippen LogP contribution in [0.15, 0.2) is 42.0 Å². The molecule has 1 rings (SSSR count). The Labute approximate surface area is 156 Å². The summed E-state index contributed by atoms with van der Waals surface area (Å²) in [7, 11) is 3.14. The summed E-state index contributed by atoms with van der Waals surface area (Å²) in [4.78, 5) is 0. The minimum absolute atomic E-state index is 0.0347. The second-order valence-corrected chi connectivity index (χ2v) is 6.10. The minimum atomic E-state index is -0.473. The van der Waals surface area contributed by atoms with Gasteiger partial charge in [0.05, 0.1) is 26.9 Å². The van der Waals surface area contributed by atoms with Crippen molar-refractivity contribution in [3.05, 3.63) is 47.6 Å². The van der Waals surface area contributed by atoms with Gasteiger partial charge in [0.25, 0.3) is 0 Å². The Bertz CT molecular complexity index is 621. The summed E-state index contributed by atoms with van der Waals surface area (Å²) < 4.78 is 16.7. The summed E-state index contributed by atoms with van der Waals surface area (Å²) in [5, 5.41) is 18.7. The van der Waals surface area contributed by atoms with Gasteiger partial charge in [-0.25, -0.2) is 0 Å². The lowest BCUT2D eigenvalue weighted by Crippen LogP contribution is -2.07. The quantitative estimate of drug-likeness (QED) is 0.587. The van der Waals surface area contributed by atoms with Crippen molar-refractivity contribution >= 4 is 6.08 Å². The first-order valence-electron chi connectivity index (χ1n) is 8.58. The molecule has 0 aliphatic heterocycles. The van der Waals surface area contributed by atoms with Crippen molar-refractivity contribution < 1.29 is 24.4 Å². The molecule has 5 heteroatoms. The molecule has 0 saturated carbocycles. The third kappa shape index (κ3) is 6.94. The fourth-order valence-electron chi connectivity index (χ4n) is 2.31. The van der Waals surface area contributed by atoms with Gasteiger partial charge in [0.1, 0.15) is 6.61 Å². The lowest BCUT2D eigenvalue weighted by Gasteiger charge is -2.15. The fraction of sp³-hybridized carbons (Fsp3) is 0.429. The van der Waals surface area contributed by atoms with Crippen molar-refractivity contribution in [1.29, 1.82) is 0 Å². The van der Waals surface area contributed by atoms with Crippen molar-refractivity contribution in [2.75, 3.05) is 27.4 Å². The second kappa shape index (κ2) is 11.4. The Balaban J connectivity index is 2.80. The van der Waals surface area contributed by atoms with Gasteiger partial charge in [0.2, 0.25) is 5.75 Å². The predicted octanol–water partition coefficient (Wildman–Crippen LogP) is 3.75. The molecule has 0 amide bonds. The zero-order valence-corrected chi connectivity index (χ0v) is 16.1. The summed E-state index contributed by atoms with van der Waals surface area (Å²) in [5.74, 6) is 1.65. The van der Waals surface area contributed by atoms with Gasteiger partial charge in [-0.2, -0.15) is 0 Å². The predicted molar refractivity (Wildman–Crippen MR) is 105 cm³/mol. The summed E-state index contributed by atoms with van der Waals surface area (Å²) in [5.41, 5.74) is 2.75. The number of hydrogen-bond donors (Lipinski definition) is 2. The average molecular weight is 362 g/mol. The van der Waals surface area contributed by atoms with E-state index in [1.54, 1.807) is 26.4 Å². The van der Waals surface area contributed by atoms with Crippen LogP contribution in [0.1, 0.15) is 32.3 Å². The Morgan fingerprint density at radius 1 is 1.19 bits per heavy atom. The third-order valence-corrected chi connectivity index (χ3v) is 3.94. The highest BCUT2D eigenvalue weighted by molar-refractivity contribution is 5.62. The van der Waals surface area contributed by atoms with Crippen molar-refractivity contribution in [2.24, 2.45) is 0 Å². The first-order valence-corrected chi connectivity index (χ1v) is 8.58. The molecule has 5 nitrogen and oxygen atoms in total. The Kier molecular flexibility index (Phi) is 9.55. The molecule has 0 radical (unpaired) electrons. The van der Waals surface area contributed by atoms with Gasteiger partial charge < -0.3 is 24.4 Å². The standard InChI is InChI=1S/C21H30O5/c1-15(2)18(23)9-8-16(3)10-12-26-21-19(24-4)13-17(7-6-11-22)14-20(21)25-5/h6-7,10,13-14,18,22-23H,1,8-9,11-12H2,2-5H3/b7-6+,16-10+/t18-/m1/s1. The van der Waals surface area contributed by atoms with E-state index in [0.29, 0.717) is 30.3 Å². The molecule has 2 N–H and O–H groups in total. The molecule has 0 saturated heterocycles. The Hall–Kier alpha value is -2.24. The van der Waals surface area contributed by atoms with Crippen LogP contribution >= 0.6 is 0 Å². The van der Waals surface area contributed by atoms with Crippen molar-refractivity contribution in [2.45, 2.75) is 32.8 Å². The number of allylic oxidation sites excluding steroid dienone is 1. The van der Waals surface area contributed by atoms with Crippen LogP contribution in [0.5, 0.6) is 17.2 Å². The summed E-state index contributed by atoms with van der Waals surface area (Å²) >= 11 is 0. The lowest BCUT2D eigenvalue weighted by molar-refractivity contribution is 0.201. The maximum absolute atomic E-state index is 9.79. The zero-order valence-electron chi connectivity index (χ0n) is 16.1. The number of methoxy groups -OCH3 is 2. The van der Waals surface area contributed by atoms with E-state index in [2.05, 4.69) is 6.58 Å². The number of ether oxygens (including phenoxy) is 3. The van der Waals surface area contributed by atoms with Gasteiger partial charge >= 0.3 is 0 Å². The summed E-state index contributed by atoms with van der Waals surface area (Å²) in [6.45, 7) is 7.92. The topological polar surface area (TPSA) is 68.2 Å². The Morgan fingerprint density at radius 2 is 1.81 bits per heavy atom. The van der Waals surface area contributed by atoms with E-state index in [-0.39, 0.29) is 6.61 Å². The molecule has 1 aromatic carbocycles. The summed E-state index contributed by atoms with van der Waals surface area (Å²) in [6.07, 6.45) is 6.35. The molecule has 26 heavy (non-hydrogen) atoms. The van der Waals surface area contributed by atoms with E-state index in [9.17, 15) is 5.11 Å². The minimum Gasteiger partial charge on any atom is -0.493 e. The van der Waals surface area contributed by atoms with Crippen LogP contribution in [-0.4, -0.2) is 43.8 Å². The van der Waals surface area contributed by atoms with Crippen molar-refractivity contribution in [3.8, 4) is 17.2 Å². The van der Waals surface area contributed by atoms with Crippen LogP contribution in [0, 0.1) is 0 Å². The van der Waals surface area contributed by atoms with Gasteiger partial charge in [-0.05, 0) is 50.5 Å². The normalized spacial score (nSPS) is 12.9. The lowest BCUT2D eigenvalue weighted by atomic mass is 10.0. The number of aliphatic hydroxyl groups is 2. The molecule has 0 aliphatic carbocycles. The fourth-order valence-corrected chi connectivity index (χ4v) is 2.31. The van der Waals surface area contributed by atoms with Gasteiger partial charge in [0.15, 0.2) is 11.5 Å². The number of aliphatic hydroxyl groups excluding tert-OH is 2. The first-order chi connectivity index (χ1) is 12.4. The average Bonchev–Trinajstić information content (AvgIpc) is 2.64. The van der Waals surface area contributed by atoms with Crippen LogP contribution in [0.3, 0.4) is 0 Å². The van der Waals surface area contributed by atoms with Gasteiger partial charge in [-0.15, -0.1) is 0 Å². The van der Waals surface area contributed by atoms with Crippen molar-refractivity contribution in [3.63, 3.8) is 0 Å². The Morgan fingerprint density at radius 3 is 2.31 bits per heavy atom. The molecule has 1 atom stereocenters. The van der Waals surface area contributed by atoms with Gasteiger partial charge in [0, 0.05) is 0 Å². The maximum Gasteiger partial charge on any atom is 0.203 e. The van der Waals surface area contributed by atoms with Crippen LogP contribution in [0.25, 0.3) is 6.08 Å². The van der Waals surface area contributed by atoms with E-state index >= 15 is 0 Å². The van der Waals surface area contributed by atoms with Crippen molar-refractivity contribution in [1.82, 2.24) is 0 Å². The molecular weight excluding hydrogens is 332 g/mol. The summed E-state index contributed by atoms with van der Waals surface area (Å²) in [6, 6.07) is 3.65. The van der Waals surface area contributed by atoms with E-state index in [1.165, 1.54) is 0 Å². The van der Waals surface area contributed by atoms with E-state index < -0.39 is 6.10 Å². The highest BCUT2D eigenvalue weighted by Crippen LogP contribution is 2.39. The molecular formula is C21H30O5. The molecule has 1 aromatic rings. The smallest absolute Gasteiger partial charge is 0.203 e. The number of benzene rings is 1. The molecule has 0 aromatic heterocycles. The molecule has 0 bridgehead atoms. The van der Waals surface area contributed by atoms with Gasteiger partial charge in [-0.1, -0.05) is 29.9 Å². The highest BCUT2D eigenvalue weighted by Gasteiger charge is 2.13.